The normalized spacial score (nSPS) is 18.5. The van der Waals surface area contributed by atoms with Crippen LogP contribution in [0.15, 0.2) is 0 Å². The number of ether oxygens (including phenoxy) is 1. The Morgan fingerprint density at radius 3 is 2.52 bits per heavy atom. The van der Waals surface area contributed by atoms with Gasteiger partial charge in [0, 0.05) is 32.0 Å². The molecule has 1 saturated heterocycles. The Morgan fingerprint density at radius 2 is 1.92 bits per heavy atom. The van der Waals surface area contributed by atoms with Crippen LogP contribution in [0.2, 0.25) is 0 Å². The number of alkyl carbamates (subject to hydrolysis) is 1. The maximum Gasteiger partial charge on any atom is 0.407 e. The summed E-state index contributed by atoms with van der Waals surface area (Å²) in [6, 6.07) is 0. The van der Waals surface area contributed by atoms with E-state index in [9.17, 15) is 21.9 Å². The van der Waals surface area contributed by atoms with Crippen LogP contribution in [0.5, 0.6) is 0 Å². The summed E-state index contributed by atoms with van der Waals surface area (Å²) in [5, 5.41) is 2.69. The minimum atomic E-state index is -4.53. The first-order valence-electron chi connectivity index (χ1n) is 8.63. The fraction of sp³-hybridized carbons (Fsp3) is 0.875. The number of carbonyl (C=O) groups excluding carboxylic acids is 2. The van der Waals surface area contributed by atoms with Crippen LogP contribution in [-0.4, -0.2) is 56.3 Å². The molecule has 1 aliphatic heterocycles. The number of nitrogens with one attached hydrogen (secondary N) is 1. The third kappa shape index (κ3) is 10.3. The van der Waals surface area contributed by atoms with Crippen molar-refractivity contribution in [1.29, 1.82) is 0 Å². The van der Waals surface area contributed by atoms with E-state index in [2.05, 4.69) is 5.32 Å². The number of nitrogens with zero attached hydrogens (tertiary/aromatic N) is 1. The SMILES string of the molecule is CC(C)(C)OC(=O)NCCCCCCN1CC(CS(=O)(=O)F)CC1=O. The third-order valence-electron chi connectivity index (χ3n) is 3.75. The average Bonchev–Trinajstić information content (AvgIpc) is 2.73. The number of likely N-dealkylation sites (tertiary alicyclic amines) is 1. The second-order valence-electron chi connectivity index (χ2n) is 7.46. The van der Waals surface area contributed by atoms with Gasteiger partial charge in [0.05, 0.1) is 5.75 Å². The zero-order chi connectivity index (χ0) is 19.1. The highest BCUT2D eigenvalue weighted by atomic mass is 32.3. The maximum absolute atomic E-state index is 12.7. The van der Waals surface area contributed by atoms with Crippen molar-refractivity contribution in [2.75, 3.05) is 25.4 Å². The van der Waals surface area contributed by atoms with Crippen LogP contribution in [0, 0.1) is 5.92 Å². The molecule has 1 heterocycles. The molecule has 1 atom stereocenters. The predicted octanol–water partition coefficient (Wildman–Crippen LogP) is 2.22. The molecule has 1 unspecified atom stereocenters. The lowest BCUT2D eigenvalue weighted by Gasteiger charge is -2.19. The van der Waals surface area contributed by atoms with Gasteiger partial charge >= 0.3 is 16.3 Å². The molecule has 2 amide bonds. The Labute approximate surface area is 149 Å². The Bertz CT molecular complexity index is 559. The van der Waals surface area contributed by atoms with Gasteiger partial charge in [0.15, 0.2) is 0 Å². The van der Waals surface area contributed by atoms with Gasteiger partial charge in [-0.1, -0.05) is 12.8 Å². The Morgan fingerprint density at radius 1 is 1.28 bits per heavy atom. The zero-order valence-electron chi connectivity index (χ0n) is 15.2. The lowest BCUT2D eigenvalue weighted by Crippen LogP contribution is -2.33. The molecule has 9 heteroatoms. The molecule has 1 rings (SSSR count). The van der Waals surface area contributed by atoms with Gasteiger partial charge in [0.1, 0.15) is 5.60 Å². The molecule has 0 spiro atoms. The van der Waals surface area contributed by atoms with Crippen molar-refractivity contribution in [1.82, 2.24) is 10.2 Å². The van der Waals surface area contributed by atoms with E-state index in [1.165, 1.54) is 0 Å². The summed E-state index contributed by atoms with van der Waals surface area (Å²) in [7, 11) is -4.53. The Balaban J connectivity index is 2.08. The summed E-state index contributed by atoms with van der Waals surface area (Å²) < 4.78 is 39.1. The molecule has 0 aliphatic carbocycles. The fourth-order valence-electron chi connectivity index (χ4n) is 2.75. The molecule has 0 bridgehead atoms. The molecule has 146 valence electrons. The van der Waals surface area contributed by atoms with Crippen molar-refractivity contribution in [2.24, 2.45) is 5.92 Å². The monoisotopic (exact) mass is 380 g/mol. The standard InChI is InChI=1S/C16H29FN2O5S/c1-16(2,3)24-15(21)18-8-6-4-5-7-9-19-11-13(10-14(19)20)12-25(17,22)23/h13H,4-12H2,1-3H3,(H,18,21). The van der Waals surface area contributed by atoms with Gasteiger partial charge in [-0.05, 0) is 33.6 Å². The van der Waals surface area contributed by atoms with Gasteiger partial charge in [-0.25, -0.2) is 4.79 Å². The van der Waals surface area contributed by atoms with Crippen molar-refractivity contribution in [3.63, 3.8) is 0 Å². The second kappa shape index (κ2) is 9.35. The number of carbonyl (C=O) groups is 2. The largest absolute Gasteiger partial charge is 0.444 e. The van der Waals surface area contributed by atoms with Crippen LogP contribution >= 0.6 is 0 Å². The van der Waals surface area contributed by atoms with E-state index < -0.39 is 33.6 Å². The summed E-state index contributed by atoms with van der Waals surface area (Å²) in [6.45, 7) is 6.82. The molecule has 1 N–H and O–H groups in total. The number of hydrogen-bond donors (Lipinski definition) is 1. The van der Waals surface area contributed by atoms with E-state index in [-0.39, 0.29) is 12.3 Å². The molecule has 25 heavy (non-hydrogen) atoms. The highest BCUT2D eigenvalue weighted by Crippen LogP contribution is 2.20. The smallest absolute Gasteiger partial charge is 0.407 e. The van der Waals surface area contributed by atoms with E-state index in [0.29, 0.717) is 19.6 Å². The first kappa shape index (κ1) is 21.7. The highest BCUT2D eigenvalue weighted by molar-refractivity contribution is 7.86. The molecule has 7 nitrogen and oxygen atoms in total. The Kier molecular flexibility index (Phi) is 8.11. The van der Waals surface area contributed by atoms with Gasteiger partial charge < -0.3 is 15.0 Å². The van der Waals surface area contributed by atoms with Gasteiger partial charge in [-0.3, -0.25) is 4.79 Å². The lowest BCUT2D eigenvalue weighted by atomic mass is 10.1. The summed E-state index contributed by atoms with van der Waals surface area (Å²) in [5.74, 6) is -1.13. The van der Waals surface area contributed by atoms with Crippen LogP contribution in [0.3, 0.4) is 0 Å². The molecule has 0 aromatic rings. The first-order valence-corrected chi connectivity index (χ1v) is 10.2. The molecular formula is C16H29FN2O5S. The topological polar surface area (TPSA) is 92.8 Å². The second-order valence-corrected chi connectivity index (χ2v) is 8.87. The van der Waals surface area contributed by atoms with Crippen LogP contribution in [0.25, 0.3) is 0 Å². The number of unbranched alkanes of at least 4 members (excludes halogenated alkanes) is 3. The van der Waals surface area contributed by atoms with Gasteiger partial charge in [-0.2, -0.15) is 8.42 Å². The van der Waals surface area contributed by atoms with Crippen LogP contribution < -0.4 is 5.32 Å². The van der Waals surface area contributed by atoms with E-state index >= 15 is 0 Å². The maximum atomic E-state index is 12.7. The van der Waals surface area contributed by atoms with E-state index in [4.69, 9.17) is 4.74 Å². The van der Waals surface area contributed by atoms with E-state index in [0.717, 1.165) is 25.7 Å². The first-order chi connectivity index (χ1) is 11.5. The quantitative estimate of drug-likeness (QED) is 0.489. The van der Waals surface area contributed by atoms with Crippen molar-refractivity contribution in [3.8, 4) is 0 Å². The molecule has 0 saturated carbocycles. The molecule has 1 fully saturated rings. The Hall–Kier alpha value is -1.38. The van der Waals surface area contributed by atoms with Crippen LogP contribution in [0.1, 0.15) is 52.9 Å². The van der Waals surface area contributed by atoms with E-state index in [1.807, 2.05) is 0 Å². The molecule has 0 aromatic carbocycles. The lowest BCUT2D eigenvalue weighted by molar-refractivity contribution is -0.127. The van der Waals surface area contributed by atoms with Crippen molar-refractivity contribution in [2.45, 2.75) is 58.5 Å². The van der Waals surface area contributed by atoms with Crippen LogP contribution in [0.4, 0.5) is 8.68 Å². The fourth-order valence-corrected chi connectivity index (χ4v) is 3.54. The number of rotatable bonds is 9. The van der Waals surface area contributed by atoms with E-state index in [1.54, 1.807) is 25.7 Å². The summed E-state index contributed by atoms with van der Waals surface area (Å²) >= 11 is 0. The molecule has 0 aromatic heterocycles. The summed E-state index contributed by atoms with van der Waals surface area (Å²) in [6.07, 6.45) is 3.09. The van der Waals surface area contributed by atoms with Crippen LogP contribution in [-0.2, 0) is 19.8 Å². The number of halogens is 1. The third-order valence-corrected chi connectivity index (χ3v) is 4.62. The van der Waals surface area contributed by atoms with Gasteiger partial charge in [-0.15, -0.1) is 3.89 Å². The molecular weight excluding hydrogens is 351 g/mol. The number of hydrogen-bond acceptors (Lipinski definition) is 5. The van der Waals surface area contributed by atoms with Crippen molar-refractivity contribution >= 4 is 22.2 Å². The van der Waals surface area contributed by atoms with Gasteiger partial charge in [0.25, 0.3) is 0 Å². The minimum absolute atomic E-state index is 0.100. The van der Waals surface area contributed by atoms with Crippen molar-refractivity contribution in [3.05, 3.63) is 0 Å². The molecule has 0 radical (unpaired) electrons. The highest BCUT2D eigenvalue weighted by Gasteiger charge is 2.32. The minimum Gasteiger partial charge on any atom is -0.444 e. The van der Waals surface area contributed by atoms with Crippen molar-refractivity contribution < 1.29 is 26.6 Å². The van der Waals surface area contributed by atoms with Gasteiger partial charge in [0.2, 0.25) is 5.91 Å². The summed E-state index contributed by atoms with van der Waals surface area (Å²) in [5.41, 5.74) is -0.508. The predicted molar refractivity (Wildman–Crippen MR) is 92.3 cm³/mol. The number of amides is 2. The zero-order valence-corrected chi connectivity index (χ0v) is 16.0. The molecule has 1 aliphatic rings. The average molecular weight is 380 g/mol. The summed E-state index contributed by atoms with van der Waals surface area (Å²) in [4.78, 5) is 24.8.